The molecule has 1 aliphatic heterocycles. The minimum atomic E-state index is -0.385. The molecule has 2 rings (SSSR count). The Bertz CT molecular complexity index is 460. The van der Waals surface area contributed by atoms with E-state index < -0.39 is 0 Å². The molecule has 1 aromatic heterocycles. The van der Waals surface area contributed by atoms with Crippen molar-refractivity contribution >= 4 is 22.0 Å². The Kier molecular flexibility index (Phi) is 2.13. The van der Waals surface area contributed by atoms with Crippen LogP contribution < -0.4 is 9.71 Å². The average molecular weight is 246 g/mol. The SMILES string of the molecule is COC1C=c2c(F)c(Br)cc[n+]2=N1. The van der Waals surface area contributed by atoms with Gasteiger partial charge < -0.3 is 4.74 Å². The molecule has 0 fully saturated rings. The lowest BCUT2D eigenvalue weighted by atomic mass is 10.4. The highest BCUT2D eigenvalue weighted by Crippen LogP contribution is 2.09. The molecule has 0 spiro atoms. The number of pyridine rings is 1. The largest absolute Gasteiger partial charge is 0.351 e. The summed E-state index contributed by atoms with van der Waals surface area (Å²) in [6, 6.07) is 1.61. The van der Waals surface area contributed by atoms with Gasteiger partial charge in [-0.2, -0.15) is 4.39 Å². The van der Waals surface area contributed by atoms with Crippen LogP contribution in [0.15, 0.2) is 21.9 Å². The van der Waals surface area contributed by atoms with E-state index in [-0.39, 0.29) is 12.0 Å². The fourth-order valence-electron chi connectivity index (χ4n) is 1.17. The van der Waals surface area contributed by atoms with E-state index in [1.54, 1.807) is 18.3 Å². The first-order valence-corrected chi connectivity index (χ1v) is 4.50. The Hall–Kier alpha value is -0.810. The van der Waals surface area contributed by atoms with E-state index in [0.29, 0.717) is 9.82 Å². The first-order chi connectivity index (χ1) is 6.22. The van der Waals surface area contributed by atoms with Gasteiger partial charge in [-0.15, -0.1) is 0 Å². The summed E-state index contributed by atoms with van der Waals surface area (Å²) >= 11 is 3.10. The molecule has 13 heavy (non-hydrogen) atoms. The second kappa shape index (κ2) is 3.16. The van der Waals surface area contributed by atoms with Crippen LogP contribution in [0.5, 0.6) is 0 Å². The lowest BCUT2D eigenvalue weighted by Gasteiger charge is -1.90. The van der Waals surface area contributed by atoms with E-state index in [9.17, 15) is 4.39 Å². The third-order valence-corrected chi connectivity index (χ3v) is 2.44. The molecule has 0 N–H and O–H groups in total. The Morgan fingerprint density at radius 3 is 3.15 bits per heavy atom. The quantitative estimate of drug-likeness (QED) is 0.669. The second-order valence-corrected chi connectivity index (χ2v) is 3.47. The van der Waals surface area contributed by atoms with Crippen molar-refractivity contribution in [2.75, 3.05) is 7.11 Å². The molecule has 0 bridgehead atoms. The minimum Gasteiger partial charge on any atom is -0.351 e. The molecule has 3 nitrogen and oxygen atoms in total. The standard InChI is InChI=1S/C8H7BrFN2O/c1-13-7-4-6-8(10)5(9)2-3-12(6)11-7/h2-4,7H,1H3/q+1. The van der Waals surface area contributed by atoms with Gasteiger partial charge in [0.1, 0.15) is 0 Å². The summed E-state index contributed by atoms with van der Waals surface area (Å²) < 4.78 is 20.3. The third-order valence-electron chi connectivity index (χ3n) is 1.82. The maximum Gasteiger partial charge on any atom is 0.275 e. The van der Waals surface area contributed by atoms with Crippen molar-refractivity contribution in [2.24, 2.45) is 5.11 Å². The van der Waals surface area contributed by atoms with E-state index in [0.717, 1.165) is 0 Å². The van der Waals surface area contributed by atoms with E-state index in [1.165, 1.54) is 11.5 Å². The summed E-state index contributed by atoms with van der Waals surface area (Å²) in [4.78, 5) is 0. The minimum absolute atomic E-state index is 0.314. The summed E-state index contributed by atoms with van der Waals surface area (Å²) in [5, 5.41) is 4.48. The normalized spacial score (nSPS) is 19.2. The van der Waals surface area contributed by atoms with Crippen LogP contribution >= 0.6 is 15.9 Å². The average Bonchev–Trinajstić information content (AvgIpc) is 2.55. The van der Waals surface area contributed by atoms with Crippen molar-refractivity contribution in [3.05, 3.63) is 27.9 Å². The molecule has 1 unspecified atom stereocenters. The molecule has 0 radical (unpaired) electrons. The number of aromatic nitrogens is 1. The number of halogens is 2. The molecule has 0 saturated carbocycles. The topological polar surface area (TPSA) is 27.5 Å². The van der Waals surface area contributed by atoms with Gasteiger partial charge in [0.15, 0.2) is 0 Å². The summed E-state index contributed by atoms with van der Waals surface area (Å²) in [6.07, 6.45) is 2.92. The van der Waals surface area contributed by atoms with Gasteiger partial charge in [0.25, 0.3) is 5.35 Å². The highest BCUT2D eigenvalue weighted by molar-refractivity contribution is 9.10. The maximum atomic E-state index is 13.4. The molecule has 2 heterocycles. The highest BCUT2D eigenvalue weighted by Gasteiger charge is 2.20. The van der Waals surface area contributed by atoms with Crippen LogP contribution in [0.3, 0.4) is 0 Å². The van der Waals surface area contributed by atoms with Crippen molar-refractivity contribution in [3.8, 4) is 0 Å². The molecule has 0 aromatic carbocycles. The van der Waals surface area contributed by atoms with Crippen LogP contribution in [0.1, 0.15) is 0 Å². The van der Waals surface area contributed by atoms with Gasteiger partial charge >= 0.3 is 0 Å². The van der Waals surface area contributed by atoms with Gasteiger partial charge in [0, 0.05) is 18.3 Å². The molecule has 1 aromatic rings. The van der Waals surface area contributed by atoms with Gasteiger partial charge in [-0.25, -0.2) is 0 Å². The van der Waals surface area contributed by atoms with Gasteiger partial charge in [0.2, 0.25) is 18.2 Å². The fraction of sp³-hybridized carbons (Fsp3) is 0.250. The molecular weight excluding hydrogens is 239 g/mol. The predicted octanol–water partition coefficient (Wildman–Crippen LogP) is 0.674. The fourth-order valence-corrected chi connectivity index (χ4v) is 1.49. The molecule has 0 amide bonds. The van der Waals surface area contributed by atoms with Crippen LogP contribution in [-0.2, 0) is 4.74 Å². The zero-order valence-electron chi connectivity index (χ0n) is 6.87. The number of ether oxygens (including phenoxy) is 1. The van der Waals surface area contributed by atoms with Crippen molar-refractivity contribution in [1.29, 1.82) is 0 Å². The smallest absolute Gasteiger partial charge is 0.275 e. The predicted molar refractivity (Wildman–Crippen MR) is 47.0 cm³/mol. The third kappa shape index (κ3) is 1.38. The zero-order valence-corrected chi connectivity index (χ0v) is 8.45. The van der Waals surface area contributed by atoms with Crippen LogP contribution in [0, 0.1) is 5.82 Å². The van der Waals surface area contributed by atoms with Gasteiger partial charge in [-0.1, -0.05) is 4.36 Å². The maximum absolute atomic E-state index is 13.4. The van der Waals surface area contributed by atoms with E-state index >= 15 is 0 Å². The number of hydrogen-bond acceptors (Lipinski definition) is 2. The molecule has 68 valence electrons. The van der Waals surface area contributed by atoms with Gasteiger partial charge in [-0.05, 0) is 15.9 Å². The Morgan fingerprint density at radius 1 is 1.69 bits per heavy atom. The van der Waals surface area contributed by atoms with Crippen LogP contribution in [0.25, 0.3) is 6.08 Å². The van der Waals surface area contributed by atoms with Crippen LogP contribution in [0.2, 0.25) is 0 Å². The van der Waals surface area contributed by atoms with E-state index in [4.69, 9.17) is 4.74 Å². The number of rotatable bonds is 1. The van der Waals surface area contributed by atoms with Crippen molar-refractivity contribution < 1.29 is 13.5 Å². The summed E-state index contributed by atoms with van der Waals surface area (Å²) in [5.74, 6) is -0.314. The zero-order chi connectivity index (χ0) is 9.42. The lowest BCUT2D eigenvalue weighted by molar-refractivity contribution is -0.564. The first-order valence-electron chi connectivity index (χ1n) is 3.71. The van der Waals surface area contributed by atoms with Crippen molar-refractivity contribution in [1.82, 2.24) is 0 Å². The molecule has 0 saturated heterocycles. The molecule has 0 aliphatic carbocycles. The monoisotopic (exact) mass is 245 g/mol. The molecule has 1 aliphatic rings. The Balaban J connectivity index is 2.71. The van der Waals surface area contributed by atoms with Crippen LogP contribution in [0.4, 0.5) is 4.39 Å². The van der Waals surface area contributed by atoms with Crippen molar-refractivity contribution in [3.63, 3.8) is 0 Å². The van der Waals surface area contributed by atoms with E-state index in [2.05, 4.69) is 21.0 Å². The summed E-state index contributed by atoms with van der Waals surface area (Å²) in [6.45, 7) is 0. The summed E-state index contributed by atoms with van der Waals surface area (Å²) in [5.41, 5.74) is 0. The Labute approximate surface area is 82.3 Å². The van der Waals surface area contributed by atoms with Gasteiger partial charge in [-0.3, -0.25) is 0 Å². The number of methoxy groups -OCH3 is 1. The first kappa shape index (κ1) is 8.77. The number of fused-ring (bicyclic) bond motifs is 1. The molecule has 1 atom stereocenters. The highest BCUT2D eigenvalue weighted by atomic mass is 79.9. The Morgan fingerprint density at radius 2 is 2.46 bits per heavy atom. The van der Waals surface area contributed by atoms with Crippen LogP contribution in [-0.4, -0.2) is 13.3 Å². The molecule has 5 heteroatoms. The summed E-state index contributed by atoms with van der Waals surface area (Å²) in [7, 11) is 1.53. The second-order valence-electron chi connectivity index (χ2n) is 2.62. The van der Waals surface area contributed by atoms with Crippen molar-refractivity contribution in [2.45, 2.75) is 6.23 Å². The van der Waals surface area contributed by atoms with E-state index in [1.807, 2.05) is 0 Å². The molecular formula is C8H7BrFN2O+. The lowest BCUT2D eigenvalue weighted by Crippen LogP contribution is -2.36. The van der Waals surface area contributed by atoms with Gasteiger partial charge in [0.05, 0.1) is 10.5 Å². The number of hydrogen-bond donors (Lipinski definition) is 0. The number of nitrogens with zero attached hydrogens (tertiary/aromatic N) is 2.